The maximum absolute atomic E-state index is 6.57. The van der Waals surface area contributed by atoms with E-state index in [1.54, 1.807) is 0 Å². The number of aromatic nitrogens is 2. The van der Waals surface area contributed by atoms with Crippen LogP contribution in [0.1, 0.15) is 64.8 Å². The van der Waals surface area contributed by atoms with E-state index in [9.17, 15) is 0 Å². The second-order valence-electron chi connectivity index (χ2n) is 6.76. The molecule has 1 aromatic rings. The SMILES string of the molecule is CCCNC1CCC(C)(Cc2c(Cl)c(CC)nn2CC)C1. The Balaban J connectivity index is 2.09. The Morgan fingerprint density at radius 1 is 1.38 bits per heavy atom. The summed E-state index contributed by atoms with van der Waals surface area (Å²) >= 11 is 6.57. The summed E-state index contributed by atoms with van der Waals surface area (Å²) in [6.07, 6.45) is 6.99. The molecule has 0 aliphatic heterocycles. The van der Waals surface area contributed by atoms with Gasteiger partial charge in [-0.25, -0.2) is 0 Å². The molecule has 0 spiro atoms. The summed E-state index contributed by atoms with van der Waals surface area (Å²) in [5.74, 6) is 0. The number of hydrogen-bond acceptors (Lipinski definition) is 2. The van der Waals surface area contributed by atoms with Gasteiger partial charge in [0, 0.05) is 12.6 Å². The lowest BCUT2D eigenvalue weighted by Crippen LogP contribution is -2.29. The van der Waals surface area contributed by atoms with Crippen LogP contribution >= 0.6 is 11.6 Å². The van der Waals surface area contributed by atoms with Crippen LogP contribution in [0.15, 0.2) is 0 Å². The summed E-state index contributed by atoms with van der Waals surface area (Å²) in [4.78, 5) is 0. The summed E-state index contributed by atoms with van der Waals surface area (Å²) in [6.45, 7) is 11.0. The second kappa shape index (κ2) is 7.15. The zero-order chi connectivity index (χ0) is 15.5. The summed E-state index contributed by atoms with van der Waals surface area (Å²) in [5, 5.41) is 9.24. The van der Waals surface area contributed by atoms with E-state index in [-0.39, 0.29) is 0 Å². The monoisotopic (exact) mass is 311 g/mol. The third-order valence-corrected chi connectivity index (χ3v) is 5.24. The Kier molecular flexibility index (Phi) is 5.73. The van der Waals surface area contributed by atoms with Crippen molar-refractivity contribution >= 4 is 11.6 Å². The quantitative estimate of drug-likeness (QED) is 0.817. The minimum absolute atomic E-state index is 0.354. The molecule has 0 bridgehead atoms. The Morgan fingerprint density at radius 2 is 2.14 bits per heavy atom. The van der Waals surface area contributed by atoms with Crippen LogP contribution in [0.25, 0.3) is 0 Å². The Morgan fingerprint density at radius 3 is 2.76 bits per heavy atom. The predicted molar refractivity (Wildman–Crippen MR) is 90.0 cm³/mol. The summed E-state index contributed by atoms with van der Waals surface area (Å²) in [7, 11) is 0. The Labute approximate surface area is 134 Å². The molecule has 0 radical (unpaired) electrons. The first kappa shape index (κ1) is 16.8. The van der Waals surface area contributed by atoms with E-state index in [0.717, 1.165) is 36.6 Å². The lowest BCUT2D eigenvalue weighted by Gasteiger charge is -2.25. The molecule has 0 aromatic carbocycles. The van der Waals surface area contributed by atoms with Gasteiger partial charge in [0.15, 0.2) is 0 Å². The van der Waals surface area contributed by atoms with E-state index < -0.39 is 0 Å². The van der Waals surface area contributed by atoms with Gasteiger partial charge >= 0.3 is 0 Å². The topological polar surface area (TPSA) is 29.9 Å². The van der Waals surface area contributed by atoms with Gasteiger partial charge in [-0.2, -0.15) is 5.10 Å². The number of rotatable bonds is 7. The maximum Gasteiger partial charge on any atom is 0.0850 e. The normalized spacial score (nSPS) is 25.7. The summed E-state index contributed by atoms with van der Waals surface area (Å²) < 4.78 is 2.11. The van der Waals surface area contributed by atoms with Gasteiger partial charge in [-0.15, -0.1) is 0 Å². The van der Waals surface area contributed by atoms with E-state index in [4.69, 9.17) is 11.6 Å². The van der Waals surface area contributed by atoms with Gasteiger partial charge in [-0.1, -0.05) is 32.4 Å². The van der Waals surface area contributed by atoms with Crippen molar-refractivity contribution in [2.45, 2.75) is 78.8 Å². The van der Waals surface area contributed by atoms with Crippen molar-refractivity contribution in [3.05, 3.63) is 16.4 Å². The molecule has 3 nitrogen and oxygen atoms in total. The molecule has 1 aliphatic rings. The van der Waals surface area contributed by atoms with Crippen LogP contribution in [0, 0.1) is 5.41 Å². The van der Waals surface area contributed by atoms with Crippen molar-refractivity contribution in [2.75, 3.05) is 6.54 Å². The van der Waals surface area contributed by atoms with Crippen molar-refractivity contribution in [2.24, 2.45) is 5.41 Å². The highest BCUT2D eigenvalue weighted by Crippen LogP contribution is 2.42. The minimum Gasteiger partial charge on any atom is -0.314 e. The number of hydrogen-bond donors (Lipinski definition) is 1. The average molecular weight is 312 g/mol. The molecule has 1 heterocycles. The van der Waals surface area contributed by atoms with Crippen molar-refractivity contribution in [3.8, 4) is 0 Å². The number of aryl methyl sites for hydroxylation is 2. The van der Waals surface area contributed by atoms with Gasteiger partial charge in [0.25, 0.3) is 0 Å². The van der Waals surface area contributed by atoms with E-state index in [0.29, 0.717) is 11.5 Å². The van der Waals surface area contributed by atoms with Crippen LogP contribution in [-0.2, 0) is 19.4 Å². The third-order valence-electron chi connectivity index (χ3n) is 4.81. The molecule has 1 fully saturated rings. The fourth-order valence-electron chi connectivity index (χ4n) is 3.60. The van der Waals surface area contributed by atoms with Crippen LogP contribution in [0.2, 0.25) is 5.02 Å². The molecule has 1 saturated carbocycles. The summed E-state index contributed by atoms with van der Waals surface area (Å²) in [6, 6.07) is 0.678. The van der Waals surface area contributed by atoms with E-state index in [2.05, 4.69) is 42.8 Å². The zero-order valence-corrected chi connectivity index (χ0v) is 14.8. The van der Waals surface area contributed by atoms with Crippen LogP contribution in [0.4, 0.5) is 0 Å². The van der Waals surface area contributed by atoms with Crippen molar-refractivity contribution in [1.82, 2.24) is 15.1 Å². The van der Waals surface area contributed by atoms with Crippen LogP contribution in [0.5, 0.6) is 0 Å². The molecule has 2 rings (SSSR count). The molecule has 1 N–H and O–H groups in total. The van der Waals surface area contributed by atoms with E-state index >= 15 is 0 Å². The molecule has 0 amide bonds. The second-order valence-corrected chi connectivity index (χ2v) is 7.14. The molecular weight excluding hydrogens is 282 g/mol. The van der Waals surface area contributed by atoms with Crippen molar-refractivity contribution < 1.29 is 0 Å². The van der Waals surface area contributed by atoms with E-state index in [1.165, 1.54) is 31.4 Å². The van der Waals surface area contributed by atoms with E-state index in [1.807, 2.05) is 0 Å². The van der Waals surface area contributed by atoms with Crippen molar-refractivity contribution in [3.63, 3.8) is 0 Å². The van der Waals surface area contributed by atoms with Gasteiger partial charge in [-0.3, -0.25) is 4.68 Å². The molecule has 0 saturated heterocycles. The highest BCUT2D eigenvalue weighted by Gasteiger charge is 2.36. The number of nitrogens with one attached hydrogen (secondary N) is 1. The minimum atomic E-state index is 0.354. The Bertz CT molecular complexity index is 469. The third kappa shape index (κ3) is 3.81. The largest absolute Gasteiger partial charge is 0.314 e. The van der Waals surface area contributed by atoms with Crippen LogP contribution < -0.4 is 5.32 Å². The first-order valence-electron chi connectivity index (χ1n) is 8.50. The molecule has 120 valence electrons. The molecule has 1 aromatic heterocycles. The standard InChI is InChI=1S/C17H30ClN3/c1-5-10-19-13-8-9-17(4,11-13)12-15-16(18)14(6-2)20-21(15)7-3/h13,19H,5-12H2,1-4H3. The Hall–Kier alpha value is -0.540. The molecule has 21 heavy (non-hydrogen) atoms. The fraction of sp³-hybridized carbons (Fsp3) is 0.824. The van der Waals surface area contributed by atoms with Gasteiger partial charge < -0.3 is 5.32 Å². The average Bonchev–Trinajstić information content (AvgIpc) is 2.99. The van der Waals surface area contributed by atoms with Crippen LogP contribution in [0.3, 0.4) is 0 Å². The smallest absolute Gasteiger partial charge is 0.0850 e. The summed E-state index contributed by atoms with van der Waals surface area (Å²) in [5.41, 5.74) is 2.65. The van der Waals surface area contributed by atoms with Gasteiger partial charge in [0.05, 0.1) is 16.4 Å². The highest BCUT2D eigenvalue weighted by atomic mass is 35.5. The van der Waals surface area contributed by atoms with Gasteiger partial charge in [0.2, 0.25) is 0 Å². The molecule has 2 unspecified atom stereocenters. The molecule has 2 atom stereocenters. The molecular formula is C17H30ClN3. The molecule has 4 heteroatoms. The maximum atomic E-state index is 6.57. The fourth-order valence-corrected chi connectivity index (χ4v) is 3.93. The van der Waals surface area contributed by atoms with Crippen LogP contribution in [-0.4, -0.2) is 22.4 Å². The first-order chi connectivity index (χ1) is 10.0. The predicted octanol–water partition coefficient (Wildman–Crippen LogP) is 4.22. The lowest BCUT2D eigenvalue weighted by molar-refractivity contribution is 0.312. The highest BCUT2D eigenvalue weighted by molar-refractivity contribution is 6.31. The van der Waals surface area contributed by atoms with Gasteiger partial charge in [-0.05, 0) is 57.4 Å². The van der Waals surface area contributed by atoms with Gasteiger partial charge in [0.1, 0.15) is 0 Å². The lowest BCUT2D eigenvalue weighted by atomic mass is 9.83. The zero-order valence-electron chi connectivity index (χ0n) is 14.0. The van der Waals surface area contributed by atoms with Crippen molar-refractivity contribution in [1.29, 1.82) is 0 Å². The number of halogens is 1. The number of nitrogens with zero attached hydrogens (tertiary/aromatic N) is 2. The first-order valence-corrected chi connectivity index (χ1v) is 8.88. The molecule has 1 aliphatic carbocycles.